The van der Waals surface area contributed by atoms with Gasteiger partial charge >= 0.3 is 0 Å². The highest BCUT2D eigenvalue weighted by molar-refractivity contribution is 9.10. The van der Waals surface area contributed by atoms with Gasteiger partial charge in [-0.3, -0.25) is 4.90 Å². The number of aryl methyl sites for hydroxylation is 1. The molecular formula is C16H21BrN2. The Kier molecular flexibility index (Phi) is 5.01. The Bertz CT molecular complexity index is 470. The van der Waals surface area contributed by atoms with E-state index in [0.717, 1.165) is 36.7 Å². The van der Waals surface area contributed by atoms with Crippen molar-refractivity contribution in [2.24, 2.45) is 5.92 Å². The molecule has 2 nitrogen and oxygen atoms in total. The normalized spacial score (nSPS) is 23.3. The monoisotopic (exact) mass is 320 g/mol. The lowest BCUT2D eigenvalue weighted by Gasteiger charge is -2.33. The lowest BCUT2D eigenvalue weighted by atomic mass is 9.86. The molecule has 1 aliphatic rings. The maximum absolute atomic E-state index is 8.95. The van der Waals surface area contributed by atoms with Crippen LogP contribution in [0.5, 0.6) is 0 Å². The second-order valence-electron chi connectivity index (χ2n) is 5.62. The van der Waals surface area contributed by atoms with Crippen LogP contribution in [0.2, 0.25) is 0 Å². The number of nitriles is 1. The van der Waals surface area contributed by atoms with Crippen LogP contribution in [0, 0.1) is 24.2 Å². The van der Waals surface area contributed by atoms with Crippen LogP contribution < -0.4 is 0 Å². The molecule has 1 aromatic rings. The van der Waals surface area contributed by atoms with Crippen molar-refractivity contribution in [3.63, 3.8) is 0 Å². The third-order valence-electron chi connectivity index (χ3n) is 4.23. The number of nitrogens with zero attached hydrogens (tertiary/aromatic N) is 2. The van der Waals surface area contributed by atoms with Gasteiger partial charge in [0, 0.05) is 23.0 Å². The van der Waals surface area contributed by atoms with Crippen LogP contribution in [0.25, 0.3) is 0 Å². The minimum Gasteiger partial charge on any atom is -0.299 e. The van der Waals surface area contributed by atoms with Gasteiger partial charge in [0.15, 0.2) is 0 Å². The molecule has 1 aliphatic carbocycles. The summed E-state index contributed by atoms with van der Waals surface area (Å²) in [6.45, 7) is 3.16. The van der Waals surface area contributed by atoms with Crippen molar-refractivity contribution in [3.05, 3.63) is 33.8 Å². The van der Waals surface area contributed by atoms with E-state index in [0.29, 0.717) is 6.04 Å². The Balaban J connectivity index is 1.96. The van der Waals surface area contributed by atoms with E-state index in [9.17, 15) is 0 Å². The molecule has 3 heteroatoms. The fraction of sp³-hybridized carbons (Fsp3) is 0.562. The van der Waals surface area contributed by atoms with Gasteiger partial charge in [0.05, 0.1) is 6.07 Å². The molecule has 0 spiro atoms. The highest BCUT2D eigenvalue weighted by atomic mass is 79.9. The fourth-order valence-electron chi connectivity index (χ4n) is 2.85. The average Bonchev–Trinajstić information content (AvgIpc) is 2.43. The molecule has 0 amide bonds. The van der Waals surface area contributed by atoms with Crippen LogP contribution in [0.3, 0.4) is 0 Å². The highest BCUT2D eigenvalue weighted by Gasteiger charge is 2.23. The summed E-state index contributed by atoms with van der Waals surface area (Å²) in [5.41, 5.74) is 2.74. The van der Waals surface area contributed by atoms with E-state index in [2.05, 4.69) is 59.1 Å². The fourth-order valence-corrected chi connectivity index (χ4v) is 3.26. The molecule has 0 radical (unpaired) electrons. The minimum atomic E-state index is 0.289. The minimum absolute atomic E-state index is 0.289. The molecule has 0 atom stereocenters. The predicted molar refractivity (Wildman–Crippen MR) is 81.7 cm³/mol. The van der Waals surface area contributed by atoms with Crippen molar-refractivity contribution in [2.75, 3.05) is 7.05 Å². The van der Waals surface area contributed by atoms with E-state index < -0.39 is 0 Å². The topological polar surface area (TPSA) is 27.0 Å². The molecule has 1 fully saturated rings. The standard InChI is InChI=1S/C16H21BrN2/c1-12-3-6-15(17)9-14(12)11-19(2)16-7-4-13(10-18)5-8-16/h3,6,9,13,16H,4-5,7-8,11H2,1-2H3. The van der Waals surface area contributed by atoms with Crippen LogP contribution in [-0.2, 0) is 6.54 Å². The summed E-state index contributed by atoms with van der Waals surface area (Å²) in [4.78, 5) is 2.45. The summed E-state index contributed by atoms with van der Waals surface area (Å²) in [5.74, 6) is 0.289. The summed E-state index contributed by atoms with van der Waals surface area (Å²) >= 11 is 3.54. The van der Waals surface area contributed by atoms with Gasteiger partial charge in [-0.2, -0.15) is 5.26 Å². The molecule has 102 valence electrons. The number of hydrogen-bond donors (Lipinski definition) is 0. The largest absolute Gasteiger partial charge is 0.299 e. The van der Waals surface area contributed by atoms with Crippen molar-refractivity contribution >= 4 is 15.9 Å². The molecule has 2 rings (SSSR count). The number of rotatable bonds is 3. The summed E-state index contributed by atoms with van der Waals surface area (Å²) < 4.78 is 1.15. The highest BCUT2D eigenvalue weighted by Crippen LogP contribution is 2.28. The Labute approximate surface area is 124 Å². The zero-order chi connectivity index (χ0) is 13.8. The van der Waals surface area contributed by atoms with Crippen LogP contribution in [-0.4, -0.2) is 18.0 Å². The molecule has 0 saturated heterocycles. The summed E-state index contributed by atoms with van der Waals surface area (Å²) in [7, 11) is 2.21. The van der Waals surface area contributed by atoms with Gasteiger partial charge < -0.3 is 0 Å². The molecule has 0 unspecified atom stereocenters. The summed E-state index contributed by atoms with van der Waals surface area (Å²) in [6, 6.07) is 9.51. The van der Waals surface area contributed by atoms with E-state index in [-0.39, 0.29) is 5.92 Å². The number of benzene rings is 1. The van der Waals surface area contributed by atoms with Gasteiger partial charge in [0.1, 0.15) is 0 Å². The Hall–Kier alpha value is -0.850. The Morgan fingerprint density at radius 1 is 1.32 bits per heavy atom. The molecule has 19 heavy (non-hydrogen) atoms. The second kappa shape index (κ2) is 6.54. The molecule has 0 aliphatic heterocycles. The van der Waals surface area contributed by atoms with Crippen molar-refractivity contribution in [3.8, 4) is 6.07 Å². The quantitative estimate of drug-likeness (QED) is 0.831. The SMILES string of the molecule is Cc1ccc(Br)cc1CN(C)C1CCC(C#N)CC1. The Morgan fingerprint density at radius 2 is 2.00 bits per heavy atom. The number of hydrogen-bond acceptors (Lipinski definition) is 2. The molecule has 0 heterocycles. The van der Waals surface area contributed by atoms with Crippen LogP contribution in [0.1, 0.15) is 36.8 Å². The maximum Gasteiger partial charge on any atom is 0.0655 e. The molecule has 0 aromatic heterocycles. The lowest BCUT2D eigenvalue weighted by molar-refractivity contribution is 0.171. The van der Waals surface area contributed by atoms with E-state index in [1.54, 1.807) is 0 Å². The zero-order valence-corrected chi connectivity index (χ0v) is 13.3. The molecule has 0 N–H and O–H groups in total. The van der Waals surface area contributed by atoms with Crippen LogP contribution >= 0.6 is 15.9 Å². The van der Waals surface area contributed by atoms with Crippen molar-refractivity contribution in [1.29, 1.82) is 5.26 Å². The van der Waals surface area contributed by atoms with Gasteiger partial charge in [-0.1, -0.05) is 22.0 Å². The van der Waals surface area contributed by atoms with E-state index in [1.165, 1.54) is 11.1 Å². The van der Waals surface area contributed by atoms with E-state index >= 15 is 0 Å². The van der Waals surface area contributed by atoms with Crippen molar-refractivity contribution in [1.82, 2.24) is 4.90 Å². The summed E-state index contributed by atoms with van der Waals surface area (Å²) in [6.07, 6.45) is 4.43. The van der Waals surface area contributed by atoms with Gasteiger partial charge in [0.2, 0.25) is 0 Å². The zero-order valence-electron chi connectivity index (χ0n) is 11.7. The average molecular weight is 321 g/mol. The molecule has 1 aromatic carbocycles. The Morgan fingerprint density at radius 3 is 2.63 bits per heavy atom. The second-order valence-corrected chi connectivity index (χ2v) is 6.54. The lowest BCUT2D eigenvalue weighted by Crippen LogP contribution is -2.34. The van der Waals surface area contributed by atoms with E-state index in [1.807, 2.05) is 0 Å². The van der Waals surface area contributed by atoms with Crippen molar-refractivity contribution in [2.45, 2.75) is 45.2 Å². The molecule has 0 bridgehead atoms. The third-order valence-corrected chi connectivity index (χ3v) is 4.73. The number of halogens is 1. The van der Waals surface area contributed by atoms with Gasteiger partial charge in [-0.15, -0.1) is 0 Å². The van der Waals surface area contributed by atoms with Gasteiger partial charge in [0.25, 0.3) is 0 Å². The van der Waals surface area contributed by atoms with Crippen LogP contribution in [0.4, 0.5) is 0 Å². The first-order chi connectivity index (χ1) is 9.10. The molecule has 1 saturated carbocycles. The predicted octanol–water partition coefficient (Wildman–Crippen LogP) is 4.27. The third kappa shape index (κ3) is 3.81. The molecular weight excluding hydrogens is 300 g/mol. The first kappa shape index (κ1) is 14.6. The van der Waals surface area contributed by atoms with E-state index in [4.69, 9.17) is 5.26 Å². The first-order valence-corrected chi connectivity index (χ1v) is 7.74. The smallest absolute Gasteiger partial charge is 0.0655 e. The van der Waals surface area contributed by atoms with Gasteiger partial charge in [-0.05, 0) is 62.9 Å². The van der Waals surface area contributed by atoms with Crippen LogP contribution in [0.15, 0.2) is 22.7 Å². The maximum atomic E-state index is 8.95. The van der Waals surface area contributed by atoms with Crippen molar-refractivity contribution < 1.29 is 0 Å². The first-order valence-electron chi connectivity index (χ1n) is 6.95. The van der Waals surface area contributed by atoms with Gasteiger partial charge in [-0.25, -0.2) is 0 Å². The summed E-state index contributed by atoms with van der Waals surface area (Å²) in [5, 5.41) is 8.95.